The first-order valence-corrected chi connectivity index (χ1v) is 7.95. The first-order chi connectivity index (χ1) is 12.6. The molecule has 0 unspecified atom stereocenters. The van der Waals surface area contributed by atoms with Crippen LogP contribution in [0.2, 0.25) is 0 Å². The summed E-state index contributed by atoms with van der Waals surface area (Å²) in [6.07, 6.45) is 3.13. The SMILES string of the molecule is CNC(=O)Nc1ccc(NC(=O)c2ccc(Cn3cncn3)cc2)cc1. The van der Waals surface area contributed by atoms with Gasteiger partial charge in [0, 0.05) is 24.0 Å². The third kappa shape index (κ3) is 4.44. The summed E-state index contributed by atoms with van der Waals surface area (Å²) in [6.45, 7) is 0.599. The number of hydrogen-bond donors (Lipinski definition) is 3. The monoisotopic (exact) mass is 350 g/mol. The molecular formula is C18H18N6O2. The van der Waals surface area contributed by atoms with Crippen LogP contribution in [0.25, 0.3) is 0 Å². The Kier molecular flexibility index (Phi) is 5.23. The highest BCUT2D eigenvalue weighted by Gasteiger charge is 2.07. The Morgan fingerprint density at radius 1 is 0.962 bits per heavy atom. The van der Waals surface area contributed by atoms with Gasteiger partial charge in [-0.1, -0.05) is 12.1 Å². The van der Waals surface area contributed by atoms with Gasteiger partial charge in [0.05, 0.1) is 6.54 Å². The molecule has 0 aliphatic rings. The summed E-state index contributed by atoms with van der Waals surface area (Å²) in [5, 5.41) is 12.0. The van der Waals surface area contributed by atoms with Crippen molar-refractivity contribution in [3.05, 3.63) is 72.3 Å². The number of carbonyl (C=O) groups is 2. The summed E-state index contributed by atoms with van der Waals surface area (Å²) < 4.78 is 1.71. The summed E-state index contributed by atoms with van der Waals surface area (Å²) in [6, 6.07) is 13.9. The van der Waals surface area contributed by atoms with Gasteiger partial charge in [-0.2, -0.15) is 5.10 Å². The van der Waals surface area contributed by atoms with Gasteiger partial charge in [-0.15, -0.1) is 0 Å². The van der Waals surface area contributed by atoms with Gasteiger partial charge in [0.1, 0.15) is 12.7 Å². The second-order valence-corrected chi connectivity index (χ2v) is 5.53. The summed E-state index contributed by atoms with van der Waals surface area (Å²) >= 11 is 0. The van der Waals surface area contributed by atoms with Gasteiger partial charge in [-0.25, -0.2) is 14.5 Å². The fourth-order valence-electron chi connectivity index (χ4n) is 2.30. The topological polar surface area (TPSA) is 101 Å². The maximum atomic E-state index is 12.3. The molecule has 3 aromatic rings. The number of benzene rings is 2. The van der Waals surface area contributed by atoms with Gasteiger partial charge < -0.3 is 16.0 Å². The van der Waals surface area contributed by atoms with Gasteiger partial charge in [0.15, 0.2) is 0 Å². The Morgan fingerprint density at radius 2 is 1.62 bits per heavy atom. The summed E-state index contributed by atoms with van der Waals surface area (Å²) in [7, 11) is 1.54. The number of hydrogen-bond acceptors (Lipinski definition) is 4. The fourth-order valence-corrected chi connectivity index (χ4v) is 2.30. The van der Waals surface area contributed by atoms with Crippen LogP contribution in [0.1, 0.15) is 15.9 Å². The van der Waals surface area contributed by atoms with E-state index in [1.807, 2.05) is 12.1 Å². The Balaban J connectivity index is 1.59. The Hall–Kier alpha value is -3.68. The molecule has 0 atom stereocenters. The minimum absolute atomic E-state index is 0.204. The number of nitrogens with zero attached hydrogens (tertiary/aromatic N) is 3. The number of anilines is 2. The average Bonchev–Trinajstić information content (AvgIpc) is 3.17. The van der Waals surface area contributed by atoms with E-state index in [1.165, 1.54) is 6.33 Å². The van der Waals surface area contributed by atoms with E-state index in [4.69, 9.17) is 0 Å². The minimum Gasteiger partial charge on any atom is -0.341 e. The molecule has 2 aromatic carbocycles. The normalized spacial score (nSPS) is 10.2. The molecule has 3 N–H and O–H groups in total. The molecule has 1 aromatic heterocycles. The maximum absolute atomic E-state index is 12.3. The molecule has 0 aliphatic heterocycles. The lowest BCUT2D eigenvalue weighted by molar-refractivity contribution is 0.102. The van der Waals surface area contributed by atoms with Crippen LogP contribution in [0.5, 0.6) is 0 Å². The molecule has 0 fully saturated rings. The van der Waals surface area contributed by atoms with E-state index in [2.05, 4.69) is 26.0 Å². The third-order valence-electron chi connectivity index (χ3n) is 3.65. The first-order valence-electron chi connectivity index (χ1n) is 7.95. The largest absolute Gasteiger partial charge is 0.341 e. The van der Waals surface area contributed by atoms with Crippen molar-refractivity contribution in [3.63, 3.8) is 0 Å². The van der Waals surface area contributed by atoms with Crippen molar-refractivity contribution in [2.24, 2.45) is 0 Å². The molecule has 3 amide bonds. The molecule has 8 nitrogen and oxygen atoms in total. The van der Waals surface area contributed by atoms with E-state index in [0.717, 1.165) is 5.56 Å². The Bertz CT molecular complexity index is 873. The van der Waals surface area contributed by atoms with Crippen molar-refractivity contribution in [2.45, 2.75) is 6.54 Å². The molecule has 132 valence electrons. The van der Waals surface area contributed by atoms with Crippen molar-refractivity contribution in [2.75, 3.05) is 17.7 Å². The minimum atomic E-state index is -0.298. The van der Waals surface area contributed by atoms with E-state index in [1.54, 1.807) is 54.5 Å². The molecule has 8 heteroatoms. The number of nitrogens with one attached hydrogen (secondary N) is 3. The van der Waals surface area contributed by atoms with Gasteiger partial charge >= 0.3 is 6.03 Å². The lowest BCUT2D eigenvalue weighted by Gasteiger charge is -2.08. The van der Waals surface area contributed by atoms with Gasteiger partial charge in [-0.05, 0) is 42.0 Å². The van der Waals surface area contributed by atoms with Crippen LogP contribution in [0.3, 0.4) is 0 Å². The van der Waals surface area contributed by atoms with E-state index in [-0.39, 0.29) is 11.9 Å². The van der Waals surface area contributed by atoms with Crippen molar-refractivity contribution < 1.29 is 9.59 Å². The second-order valence-electron chi connectivity index (χ2n) is 5.53. The molecule has 0 aliphatic carbocycles. The lowest BCUT2D eigenvalue weighted by Crippen LogP contribution is -2.24. The van der Waals surface area contributed by atoms with Crippen LogP contribution in [-0.2, 0) is 6.54 Å². The highest BCUT2D eigenvalue weighted by atomic mass is 16.2. The van der Waals surface area contributed by atoms with Crippen LogP contribution in [0, 0.1) is 0 Å². The zero-order valence-corrected chi connectivity index (χ0v) is 14.1. The van der Waals surface area contributed by atoms with E-state index >= 15 is 0 Å². The van der Waals surface area contributed by atoms with Crippen molar-refractivity contribution in [3.8, 4) is 0 Å². The number of urea groups is 1. The molecule has 0 saturated heterocycles. The predicted molar refractivity (Wildman–Crippen MR) is 98.0 cm³/mol. The smallest absolute Gasteiger partial charge is 0.318 e. The summed E-state index contributed by atoms with van der Waals surface area (Å²) in [5.41, 5.74) is 2.86. The molecule has 26 heavy (non-hydrogen) atoms. The molecule has 1 heterocycles. The first kappa shape index (κ1) is 17.2. The van der Waals surface area contributed by atoms with Gasteiger partial charge in [0.2, 0.25) is 0 Å². The van der Waals surface area contributed by atoms with Crippen LogP contribution in [0.4, 0.5) is 16.2 Å². The molecular weight excluding hydrogens is 332 g/mol. The third-order valence-corrected chi connectivity index (χ3v) is 3.65. The van der Waals surface area contributed by atoms with Crippen LogP contribution in [0.15, 0.2) is 61.2 Å². The average molecular weight is 350 g/mol. The Morgan fingerprint density at radius 3 is 2.19 bits per heavy atom. The molecule has 0 bridgehead atoms. The van der Waals surface area contributed by atoms with Crippen LogP contribution < -0.4 is 16.0 Å². The van der Waals surface area contributed by atoms with Crippen molar-refractivity contribution in [1.29, 1.82) is 0 Å². The number of aromatic nitrogens is 3. The fraction of sp³-hybridized carbons (Fsp3) is 0.111. The number of carbonyl (C=O) groups excluding carboxylic acids is 2. The predicted octanol–water partition coefficient (Wildman–Crippen LogP) is 2.33. The van der Waals surface area contributed by atoms with Crippen molar-refractivity contribution >= 4 is 23.3 Å². The van der Waals surface area contributed by atoms with E-state index in [9.17, 15) is 9.59 Å². The lowest BCUT2D eigenvalue weighted by atomic mass is 10.1. The Labute approximate surface area is 150 Å². The molecule has 0 radical (unpaired) electrons. The summed E-state index contributed by atoms with van der Waals surface area (Å²) in [4.78, 5) is 27.5. The second kappa shape index (κ2) is 7.93. The highest BCUT2D eigenvalue weighted by molar-refractivity contribution is 6.04. The zero-order valence-electron chi connectivity index (χ0n) is 14.1. The molecule has 3 rings (SSSR count). The summed E-state index contributed by atoms with van der Waals surface area (Å²) in [5.74, 6) is -0.204. The molecule has 0 saturated carbocycles. The quantitative estimate of drug-likeness (QED) is 0.657. The highest BCUT2D eigenvalue weighted by Crippen LogP contribution is 2.15. The standard InChI is InChI=1S/C18H18N6O2/c1-19-18(26)23-16-8-6-15(7-9-16)22-17(25)14-4-2-13(3-5-14)10-24-12-20-11-21-24/h2-9,11-12H,10H2,1H3,(H,22,25)(H2,19,23,26). The van der Waals surface area contributed by atoms with Gasteiger partial charge in [-0.3, -0.25) is 4.79 Å². The van der Waals surface area contributed by atoms with E-state index < -0.39 is 0 Å². The zero-order chi connectivity index (χ0) is 18.4. The number of amides is 3. The van der Waals surface area contributed by atoms with E-state index in [0.29, 0.717) is 23.5 Å². The number of rotatable bonds is 5. The van der Waals surface area contributed by atoms with Gasteiger partial charge in [0.25, 0.3) is 5.91 Å². The van der Waals surface area contributed by atoms with Crippen molar-refractivity contribution in [1.82, 2.24) is 20.1 Å². The molecule has 0 spiro atoms. The van der Waals surface area contributed by atoms with Crippen LogP contribution >= 0.6 is 0 Å². The van der Waals surface area contributed by atoms with Crippen LogP contribution in [-0.4, -0.2) is 33.8 Å². The maximum Gasteiger partial charge on any atom is 0.318 e.